The molecule has 0 spiro atoms. The first kappa shape index (κ1) is 22.8. The van der Waals surface area contributed by atoms with Gasteiger partial charge in [-0.25, -0.2) is 4.79 Å². The van der Waals surface area contributed by atoms with Gasteiger partial charge in [0.2, 0.25) is 0 Å². The Morgan fingerprint density at radius 3 is 2.58 bits per heavy atom. The van der Waals surface area contributed by atoms with E-state index < -0.39 is 5.97 Å². The molecule has 0 bridgehead atoms. The predicted molar refractivity (Wildman–Crippen MR) is 125 cm³/mol. The van der Waals surface area contributed by atoms with Crippen LogP contribution in [0, 0.1) is 0 Å². The minimum Gasteiger partial charge on any atom is -0.493 e. The van der Waals surface area contributed by atoms with Gasteiger partial charge in [0.15, 0.2) is 18.1 Å². The molecular formula is C23H23NO5S2. The summed E-state index contributed by atoms with van der Waals surface area (Å²) in [6.45, 7) is 3.77. The van der Waals surface area contributed by atoms with Crippen LogP contribution in [-0.4, -0.2) is 40.9 Å². The molecule has 0 saturated carbocycles. The minimum atomic E-state index is -0.455. The van der Waals surface area contributed by atoms with Gasteiger partial charge in [-0.1, -0.05) is 60.4 Å². The molecule has 1 aliphatic rings. The van der Waals surface area contributed by atoms with Crippen molar-refractivity contribution in [3.05, 3.63) is 64.6 Å². The highest BCUT2D eigenvalue weighted by molar-refractivity contribution is 8.26. The predicted octanol–water partition coefficient (Wildman–Crippen LogP) is 4.43. The van der Waals surface area contributed by atoms with Gasteiger partial charge in [-0.3, -0.25) is 9.69 Å². The Morgan fingerprint density at radius 2 is 1.90 bits per heavy atom. The maximum Gasteiger partial charge on any atom is 0.344 e. The molecule has 0 aliphatic carbocycles. The molecule has 0 unspecified atom stereocenters. The number of carbonyl (C=O) groups excluding carboxylic acids is 2. The molecule has 1 fully saturated rings. The van der Waals surface area contributed by atoms with Crippen LogP contribution in [0.5, 0.6) is 11.5 Å². The SMILES string of the molecule is COc1cc(/C=C2/SC(=S)N(Cc3ccccc3)C2=O)ccc1OCC(=O)OC(C)C. The number of carbonyl (C=O) groups is 2. The van der Waals surface area contributed by atoms with E-state index in [9.17, 15) is 9.59 Å². The van der Waals surface area contributed by atoms with E-state index >= 15 is 0 Å². The van der Waals surface area contributed by atoms with Crippen molar-refractivity contribution in [1.29, 1.82) is 0 Å². The summed E-state index contributed by atoms with van der Waals surface area (Å²) in [4.78, 5) is 26.7. The summed E-state index contributed by atoms with van der Waals surface area (Å²) in [5, 5.41) is 0. The molecule has 1 saturated heterocycles. The van der Waals surface area contributed by atoms with E-state index in [0.717, 1.165) is 11.1 Å². The summed E-state index contributed by atoms with van der Waals surface area (Å²) >= 11 is 6.68. The lowest BCUT2D eigenvalue weighted by atomic mass is 10.1. The van der Waals surface area contributed by atoms with Gasteiger partial charge in [0.05, 0.1) is 24.7 Å². The van der Waals surface area contributed by atoms with Crippen LogP contribution in [-0.2, 0) is 20.9 Å². The number of rotatable bonds is 8. The molecule has 6 nitrogen and oxygen atoms in total. The van der Waals surface area contributed by atoms with Crippen LogP contribution in [0.15, 0.2) is 53.4 Å². The molecule has 31 heavy (non-hydrogen) atoms. The number of benzene rings is 2. The quantitative estimate of drug-likeness (QED) is 0.330. The number of thioether (sulfide) groups is 1. The summed E-state index contributed by atoms with van der Waals surface area (Å²) in [6, 6.07) is 14.9. The van der Waals surface area contributed by atoms with E-state index in [1.165, 1.54) is 18.9 Å². The number of esters is 1. The van der Waals surface area contributed by atoms with E-state index in [1.807, 2.05) is 30.3 Å². The molecule has 8 heteroatoms. The number of nitrogens with zero attached hydrogens (tertiary/aromatic N) is 1. The van der Waals surface area contributed by atoms with Crippen molar-refractivity contribution in [2.24, 2.45) is 0 Å². The maximum absolute atomic E-state index is 12.9. The lowest BCUT2D eigenvalue weighted by molar-refractivity contribution is -0.149. The van der Waals surface area contributed by atoms with Crippen molar-refractivity contribution in [2.75, 3.05) is 13.7 Å². The van der Waals surface area contributed by atoms with Crippen molar-refractivity contribution in [3.63, 3.8) is 0 Å². The van der Waals surface area contributed by atoms with Gasteiger partial charge in [-0.05, 0) is 43.2 Å². The molecule has 1 heterocycles. The first-order chi connectivity index (χ1) is 14.9. The number of methoxy groups -OCH3 is 1. The smallest absolute Gasteiger partial charge is 0.344 e. The molecule has 2 aromatic carbocycles. The summed E-state index contributed by atoms with van der Waals surface area (Å²) < 4.78 is 16.5. The first-order valence-corrected chi connectivity index (χ1v) is 10.9. The lowest BCUT2D eigenvalue weighted by Gasteiger charge is -2.14. The van der Waals surface area contributed by atoms with E-state index in [0.29, 0.717) is 27.3 Å². The zero-order valence-corrected chi connectivity index (χ0v) is 19.1. The van der Waals surface area contributed by atoms with Crippen molar-refractivity contribution in [1.82, 2.24) is 4.90 Å². The standard InChI is InChI=1S/C23H23NO5S2/c1-15(2)29-21(25)14-28-18-10-9-17(11-19(18)27-3)12-20-22(26)24(23(30)31-20)13-16-7-5-4-6-8-16/h4-12,15H,13-14H2,1-3H3/b20-12+. The molecule has 1 aliphatic heterocycles. The Labute approximate surface area is 191 Å². The Hall–Kier alpha value is -2.84. The molecule has 0 atom stereocenters. The van der Waals surface area contributed by atoms with Gasteiger partial charge >= 0.3 is 5.97 Å². The van der Waals surface area contributed by atoms with Gasteiger partial charge in [0, 0.05) is 0 Å². The number of hydrogen-bond acceptors (Lipinski definition) is 7. The van der Waals surface area contributed by atoms with E-state index in [2.05, 4.69) is 0 Å². The summed E-state index contributed by atoms with van der Waals surface area (Å²) in [6.07, 6.45) is 1.56. The largest absolute Gasteiger partial charge is 0.493 e. The first-order valence-electron chi connectivity index (χ1n) is 9.67. The van der Waals surface area contributed by atoms with Crippen molar-refractivity contribution >= 4 is 46.3 Å². The second-order valence-electron chi connectivity index (χ2n) is 6.99. The van der Waals surface area contributed by atoms with Crippen LogP contribution in [0.2, 0.25) is 0 Å². The maximum atomic E-state index is 12.9. The highest BCUT2D eigenvalue weighted by Gasteiger charge is 2.32. The van der Waals surface area contributed by atoms with Crippen molar-refractivity contribution in [2.45, 2.75) is 26.5 Å². The lowest BCUT2D eigenvalue weighted by Crippen LogP contribution is -2.27. The van der Waals surface area contributed by atoms with Crippen molar-refractivity contribution in [3.8, 4) is 11.5 Å². The minimum absolute atomic E-state index is 0.130. The van der Waals surface area contributed by atoms with Gasteiger partial charge in [-0.15, -0.1) is 0 Å². The molecular weight excluding hydrogens is 434 g/mol. The number of thiocarbonyl (C=S) groups is 1. The normalized spacial score (nSPS) is 15.0. The average Bonchev–Trinajstić information content (AvgIpc) is 3.00. The topological polar surface area (TPSA) is 65.1 Å². The highest BCUT2D eigenvalue weighted by Crippen LogP contribution is 2.35. The van der Waals surface area contributed by atoms with Gasteiger partial charge in [0.25, 0.3) is 5.91 Å². The third kappa shape index (κ3) is 6.08. The van der Waals surface area contributed by atoms with Gasteiger partial charge in [-0.2, -0.15) is 0 Å². The third-order valence-corrected chi connectivity index (χ3v) is 5.63. The Kier molecular flexibility index (Phi) is 7.70. The summed E-state index contributed by atoms with van der Waals surface area (Å²) in [5.41, 5.74) is 1.77. The van der Waals surface area contributed by atoms with E-state index in [1.54, 1.807) is 43.0 Å². The summed E-state index contributed by atoms with van der Waals surface area (Å²) in [5.74, 6) is 0.278. The average molecular weight is 458 g/mol. The van der Waals surface area contributed by atoms with Crippen LogP contribution in [0.25, 0.3) is 6.08 Å². The van der Waals surface area contributed by atoms with Crippen LogP contribution in [0.3, 0.4) is 0 Å². The number of hydrogen-bond donors (Lipinski definition) is 0. The summed E-state index contributed by atoms with van der Waals surface area (Å²) in [7, 11) is 1.51. The fourth-order valence-corrected chi connectivity index (χ4v) is 4.14. The number of amides is 1. The monoisotopic (exact) mass is 457 g/mol. The van der Waals surface area contributed by atoms with Gasteiger partial charge in [0.1, 0.15) is 4.32 Å². The molecule has 3 rings (SSSR count). The van der Waals surface area contributed by atoms with E-state index in [-0.39, 0.29) is 18.6 Å². The second kappa shape index (κ2) is 10.5. The van der Waals surface area contributed by atoms with Crippen LogP contribution >= 0.6 is 24.0 Å². The van der Waals surface area contributed by atoms with Crippen LogP contribution in [0.1, 0.15) is 25.0 Å². The molecule has 2 aromatic rings. The highest BCUT2D eigenvalue weighted by atomic mass is 32.2. The third-order valence-electron chi connectivity index (χ3n) is 4.26. The van der Waals surface area contributed by atoms with Crippen molar-refractivity contribution < 1.29 is 23.8 Å². The number of ether oxygens (including phenoxy) is 3. The van der Waals surface area contributed by atoms with Crippen LogP contribution in [0.4, 0.5) is 0 Å². The second-order valence-corrected chi connectivity index (χ2v) is 8.67. The Bertz CT molecular complexity index is 1000. The Balaban J connectivity index is 1.72. The molecule has 0 aromatic heterocycles. The van der Waals surface area contributed by atoms with Gasteiger partial charge < -0.3 is 14.2 Å². The fourth-order valence-electron chi connectivity index (χ4n) is 2.88. The molecule has 0 N–H and O–H groups in total. The van der Waals surface area contributed by atoms with E-state index in [4.69, 9.17) is 26.4 Å². The van der Waals surface area contributed by atoms with Crippen LogP contribution < -0.4 is 9.47 Å². The molecule has 0 radical (unpaired) electrons. The Morgan fingerprint density at radius 1 is 1.16 bits per heavy atom. The fraction of sp³-hybridized carbons (Fsp3) is 0.261. The molecule has 162 valence electrons. The zero-order chi connectivity index (χ0) is 22.4. The zero-order valence-electron chi connectivity index (χ0n) is 17.5. The molecule has 1 amide bonds.